The van der Waals surface area contributed by atoms with E-state index in [1.807, 2.05) is 13.0 Å². The summed E-state index contributed by atoms with van der Waals surface area (Å²) in [5.74, 6) is -0.0751. The fourth-order valence-corrected chi connectivity index (χ4v) is 1.20. The molecule has 0 saturated carbocycles. The summed E-state index contributed by atoms with van der Waals surface area (Å²) >= 11 is 0. The largest absolute Gasteiger partial charge is 0.508 e. The summed E-state index contributed by atoms with van der Waals surface area (Å²) < 4.78 is 0. The van der Waals surface area contributed by atoms with Crippen molar-refractivity contribution < 1.29 is 9.90 Å². The average molecular weight is 204 g/mol. The number of carbonyl (C=O) groups excluding carboxylic acids is 1. The van der Waals surface area contributed by atoms with E-state index in [0.29, 0.717) is 12.1 Å². The third-order valence-electron chi connectivity index (χ3n) is 2.04. The number of aromatic hydroxyl groups is 1. The van der Waals surface area contributed by atoms with Gasteiger partial charge in [-0.25, -0.2) is 0 Å². The molecule has 1 N–H and O–H groups in total. The van der Waals surface area contributed by atoms with Gasteiger partial charge in [0.2, 0.25) is 0 Å². The number of nitriles is 1. The SMILES string of the molecule is CCN(CC#N)C(=O)c1ccc(O)cc1. The van der Waals surface area contributed by atoms with Gasteiger partial charge in [-0.15, -0.1) is 0 Å². The third-order valence-corrected chi connectivity index (χ3v) is 2.04. The van der Waals surface area contributed by atoms with Crippen LogP contribution in [0.4, 0.5) is 0 Å². The van der Waals surface area contributed by atoms with Crippen LogP contribution in [-0.2, 0) is 0 Å². The highest BCUT2D eigenvalue weighted by molar-refractivity contribution is 5.94. The van der Waals surface area contributed by atoms with Crippen LogP contribution in [0.1, 0.15) is 17.3 Å². The minimum absolute atomic E-state index is 0.0796. The summed E-state index contributed by atoms with van der Waals surface area (Å²) in [6, 6.07) is 7.92. The lowest BCUT2D eigenvalue weighted by molar-refractivity contribution is 0.0784. The van der Waals surface area contributed by atoms with Crippen LogP contribution in [0.3, 0.4) is 0 Å². The van der Waals surface area contributed by atoms with Crippen molar-refractivity contribution in [3.63, 3.8) is 0 Å². The highest BCUT2D eigenvalue weighted by Crippen LogP contribution is 2.11. The maximum atomic E-state index is 11.8. The minimum atomic E-state index is -0.195. The standard InChI is InChI=1S/C11H12N2O2/c1-2-13(8-7-12)11(15)9-3-5-10(14)6-4-9/h3-6,14H,2,8H2,1H3. The van der Waals surface area contributed by atoms with Crippen LogP contribution in [0.25, 0.3) is 0 Å². The number of phenols is 1. The van der Waals surface area contributed by atoms with E-state index in [4.69, 9.17) is 10.4 Å². The molecule has 0 aliphatic carbocycles. The molecule has 0 aromatic heterocycles. The second-order valence-corrected chi connectivity index (χ2v) is 3.02. The molecular formula is C11H12N2O2. The molecule has 4 nitrogen and oxygen atoms in total. The molecule has 0 radical (unpaired) electrons. The minimum Gasteiger partial charge on any atom is -0.508 e. The second-order valence-electron chi connectivity index (χ2n) is 3.02. The smallest absolute Gasteiger partial charge is 0.254 e. The maximum Gasteiger partial charge on any atom is 0.254 e. The molecular weight excluding hydrogens is 192 g/mol. The predicted octanol–water partition coefficient (Wildman–Crippen LogP) is 1.38. The molecule has 1 rings (SSSR count). The van der Waals surface area contributed by atoms with Crippen LogP contribution in [-0.4, -0.2) is 29.0 Å². The zero-order chi connectivity index (χ0) is 11.3. The van der Waals surface area contributed by atoms with Gasteiger partial charge in [0.05, 0.1) is 6.07 Å². The zero-order valence-corrected chi connectivity index (χ0v) is 8.47. The lowest BCUT2D eigenvalue weighted by Gasteiger charge is -2.16. The molecule has 1 amide bonds. The first-order valence-electron chi connectivity index (χ1n) is 4.64. The van der Waals surface area contributed by atoms with Crippen LogP contribution in [0.15, 0.2) is 24.3 Å². The van der Waals surface area contributed by atoms with Gasteiger partial charge in [0.1, 0.15) is 12.3 Å². The van der Waals surface area contributed by atoms with Crippen molar-refractivity contribution in [3.8, 4) is 11.8 Å². The number of rotatable bonds is 3. The number of phenolic OH excluding ortho intramolecular Hbond substituents is 1. The molecule has 0 fully saturated rings. The van der Waals surface area contributed by atoms with Crippen molar-refractivity contribution in [1.82, 2.24) is 4.90 Å². The molecule has 0 saturated heterocycles. The van der Waals surface area contributed by atoms with E-state index in [2.05, 4.69) is 0 Å². The summed E-state index contributed by atoms with van der Waals surface area (Å²) in [7, 11) is 0. The van der Waals surface area contributed by atoms with E-state index in [0.717, 1.165) is 0 Å². The van der Waals surface area contributed by atoms with Crippen LogP contribution >= 0.6 is 0 Å². The Balaban J connectivity index is 2.84. The first kappa shape index (κ1) is 11.1. The fraction of sp³-hybridized carbons (Fsp3) is 0.273. The molecule has 0 aliphatic heterocycles. The van der Waals surface area contributed by atoms with Gasteiger partial charge in [-0.2, -0.15) is 5.26 Å². The molecule has 15 heavy (non-hydrogen) atoms. The van der Waals surface area contributed by atoms with Gasteiger partial charge in [-0.3, -0.25) is 4.79 Å². The first-order chi connectivity index (χ1) is 7.19. The van der Waals surface area contributed by atoms with Crippen LogP contribution in [0, 0.1) is 11.3 Å². The van der Waals surface area contributed by atoms with Crippen molar-refractivity contribution in [2.75, 3.05) is 13.1 Å². The van der Waals surface area contributed by atoms with Gasteiger partial charge < -0.3 is 10.0 Å². The summed E-state index contributed by atoms with van der Waals surface area (Å²) in [5.41, 5.74) is 0.477. The molecule has 1 aromatic rings. The quantitative estimate of drug-likeness (QED) is 0.756. The number of benzene rings is 1. The van der Waals surface area contributed by atoms with E-state index < -0.39 is 0 Å². The number of nitrogens with zero attached hydrogens (tertiary/aromatic N) is 2. The Bertz CT molecular complexity index is 379. The Hall–Kier alpha value is -2.02. The van der Waals surface area contributed by atoms with Gasteiger partial charge in [-0.05, 0) is 31.2 Å². The maximum absolute atomic E-state index is 11.8. The number of carbonyl (C=O) groups is 1. The Labute approximate surface area is 88.4 Å². The normalized spacial score (nSPS) is 9.33. The summed E-state index contributed by atoms with van der Waals surface area (Å²) in [6.07, 6.45) is 0. The van der Waals surface area contributed by atoms with Crippen LogP contribution < -0.4 is 0 Å². The monoisotopic (exact) mass is 204 g/mol. The number of hydrogen-bond donors (Lipinski definition) is 1. The van der Waals surface area contributed by atoms with Gasteiger partial charge in [0, 0.05) is 12.1 Å². The Morgan fingerprint density at radius 3 is 2.53 bits per heavy atom. The molecule has 0 heterocycles. The summed E-state index contributed by atoms with van der Waals surface area (Å²) in [5, 5.41) is 17.6. The van der Waals surface area contributed by atoms with Crippen molar-refractivity contribution in [2.24, 2.45) is 0 Å². The number of hydrogen-bond acceptors (Lipinski definition) is 3. The summed E-state index contributed by atoms with van der Waals surface area (Å²) in [4.78, 5) is 13.2. The molecule has 0 aliphatic rings. The first-order valence-corrected chi connectivity index (χ1v) is 4.64. The topological polar surface area (TPSA) is 64.3 Å². The van der Waals surface area contributed by atoms with E-state index in [1.54, 1.807) is 0 Å². The second kappa shape index (κ2) is 5.01. The third kappa shape index (κ3) is 2.71. The molecule has 4 heteroatoms. The van der Waals surface area contributed by atoms with Crippen molar-refractivity contribution in [1.29, 1.82) is 5.26 Å². The van der Waals surface area contributed by atoms with Gasteiger partial charge in [-0.1, -0.05) is 0 Å². The van der Waals surface area contributed by atoms with Gasteiger partial charge >= 0.3 is 0 Å². The highest BCUT2D eigenvalue weighted by Gasteiger charge is 2.12. The van der Waals surface area contributed by atoms with Crippen LogP contribution in [0.2, 0.25) is 0 Å². The molecule has 0 spiro atoms. The van der Waals surface area contributed by atoms with Crippen molar-refractivity contribution >= 4 is 5.91 Å². The van der Waals surface area contributed by atoms with E-state index >= 15 is 0 Å². The number of amides is 1. The molecule has 78 valence electrons. The lowest BCUT2D eigenvalue weighted by Crippen LogP contribution is -2.31. The van der Waals surface area contributed by atoms with E-state index in [-0.39, 0.29) is 18.2 Å². The average Bonchev–Trinajstić information content (AvgIpc) is 2.26. The van der Waals surface area contributed by atoms with Crippen molar-refractivity contribution in [3.05, 3.63) is 29.8 Å². The Morgan fingerprint density at radius 1 is 1.47 bits per heavy atom. The molecule has 0 bridgehead atoms. The van der Waals surface area contributed by atoms with Crippen molar-refractivity contribution in [2.45, 2.75) is 6.92 Å². The predicted molar refractivity (Wildman–Crippen MR) is 55.3 cm³/mol. The fourth-order valence-electron chi connectivity index (χ4n) is 1.20. The lowest BCUT2D eigenvalue weighted by atomic mass is 10.2. The van der Waals surface area contributed by atoms with E-state index in [1.165, 1.54) is 29.2 Å². The Kier molecular flexibility index (Phi) is 3.69. The Morgan fingerprint density at radius 2 is 2.07 bits per heavy atom. The summed E-state index contributed by atoms with van der Waals surface area (Å²) in [6.45, 7) is 2.39. The zero-order valence-electron chi connectivity index (χ0n) is 8.47. The van der Waals surface area contributed by atoms with E-state index in [9.17, 15) is 4.79 Å². The highest BCUT2D eigenvalue weighted by atomic mass is 16.3. The van der Waals surface area contributed by atoms with Gasteiger partial charge in [0.25, 0.3) is 5.91 Å². The van der Waals surface area contributed by atoms with Crippen LogP contribution in [0.5, 0.6) is 5.75 Å². The molecule has 1 aromatic carbocycles. The van der Waals surface area contributed by atoms with Gasteiger partial charge in [0.15, 0.2) is 0 Å². The molecule has 0 atom stereocenters. The molecule has 0 unspecified atom stereocenters.